The number of hydrogen-bond acceptors (Lipinski definition) is 5. The fourth-order valence-corrected chi connectivity index (χ4v) is 1.94. The van der Waals surface area contributed by atoms with E-state index in [1.165, 1.54) is 30.1 Å². The number of nitro benzene ring substituents is 1. The van der Waals surface area contributed by atoms with E-state index in [1.807, 2.05) is 0 Å². The van der Waals surface area contributed by atoms with Crippen LogP contribution in [0.25, 0.3) is 0 Å². The Bertz CT molecular complexity index is 865. The molecule has 0 aliphatic heterocycles. The number of rotatable bonds is 5. The molecule has 2 aromatic rings. The van der Waals surface area contributed by atoms with Gasteiger partial charge in [-0.2, -0.15) is 9.49 Å². The predicted octanol–water partition coefficient (Wildman–Crippen LogP) is 3.26. The first-order chi connectivity index (χ1) is 11.4. The van der Waals surface area contributed by atoms with Crippen molar-refractivity contribution in [2.75, 3.05) is 7.05 Å². The summed E-state index contributed by atoms with van der Waals surface area (Å²) in [4.78, 5) is 13.5. The minimum absolute atomic E-state index is 0.0747. The van der Waals surface area contributed by atoms with Crippen LogP contribution in [0.2, 0.25) is 0 Å². The smallest absolute Gasteiger partial charge is 0.305 e. The van der Waals surface area contributed by atoms with E-state index in [9.17, 15) is 23.3 Å². The Labute approximate surface area is 133 Å². The number of nitro groups is 1. The fraction of sp³-hybridized carbons (Fsp3) is 0.143. The number of aromatic nitrogens is 1. The van der Waals surface area contributed by atoms with Crippen molar-refractivity contribution in [2.45, 2.75) is 6.43 Å². The lowest BCUT2D eigenvalue weighted by molar-refractivity contribution is -0.387. The topological polar surface area (TPSA) is 82.0 Å². The van der Waals surface area contributed by atoms with Crippen LogP contribution in [0.3, 0.4) is 0 Å². The average Bonchev–Trinajstić information content (AvgIpc) is 2.54. The normalized spacial score (nSPS) is 11.6. The van der Waals surface area contributed by atoms with Gasteiger partial charge in [-0.1, -0.05) is 0 Å². The summed E-state index contributed by atoms with van der Waals surface area (Å²) in [6, 6.07) is 4.41. The molecule has 0 atom stereocenters. The Morgan fingerprint density at radius 3 is 2.62 bits per heavy atom. The third-order valence-electron chi connectivity index (χ3n) is 3.03. The Balaban J connectivity index is 2.52. The zero-order chi connectivity index (χ0) is 17.9. The molecule has 0 unspecified atom stereocenters. The zero-order valence-electron chi connectivity index (χ0n) is 12.3. The van der Waals surface area contributed by atoms with Crippen LogP contribution in [0.5, 0.6) is 11.5 Å². The minimum Gasteiger partial charge on any atom is -0.457 e. The standard InChI is InChI=1S/C14H11F3N4O3/c1-18-11-7-8(5-6-20(11)19-2)24-10-4-3-9(21(22)23)13(15)12(10)14(16)17/h3-7,14H,2H2,1H3. The molecular formula is C14H11F3N4O3. The quantitative estimate of drug-likeness (QED) is 0.476. The maximum atomic E-state index is 14.0. The molecule has 1 aromatic heterocycles. The van der Waals surface area contributed by atoms with Gasteiger partial charge in [0, 0.05) is 32.1 Å². The summed E-state index contributed by atoms with van der Waals surface area (Å²) >= 11 is 0. The molecule has 24 heavy (non-hydrogen) atoms. The summed E-state index contributed by atoms with van der Waals surface area (Å²) in [5.74, 6) is -2.09. The Morgan fingerprint density at radius 1 is 1.38 bits per heavy atom. The monoisotopic (exact) mass is 340 g/mol. The van der Waals surface area contributed by atoms with Gasteiger partial charge < -0.3 is 4.74 Å². The summed E-state index contributed by atoms with van der Waals surface area (Å²) in [7, 11) is 1.47. The molecule has 0 N–H and O–H groups in total. The van der Waals surface area contributed by atoms with Gasteiger partial charge in [-0.05, 0) is 12.1 Å². The number of benzene rings is 1. The number of ether oxygens (including phenoxy) is 1. The van der Waals surface area contributed by atoms with Crippen molar-refractivity contribution >= 4 is 12.4 Å². The molecule has 1 heterocycles. The zero-order valence-corrected chi connectivity index (χ0v) is 12.3. The summed E-state index contributed by atoms with van der Waals surface area (Å²) in [5, 5.41) is 14.3. The first-order valence-electron chi connectivity index (χ1n) is 6.44. The van der Waals surface area contributed by atoms with Gasteiger partial charge in [0.05, 0.1) is 4.92 Å². The highest BCUT2D eigenvalue weighted by atomic mass is 19.3. The van der Waals surface area contributed by atoms with Crippen molar-refractivity contribution in [3.63, 3.8) is 0 Å². The molecule has 0 spiro atoms. The van der Waals surface area contributed by atoms with Crippen LogP contribution in [-0.2, 0) is 0 Å². The molecule has 1 aromatic carbocycles. The molecule has 0 radical (unpaired) electrons. The van der Waals surface area contributed by atoms with Crippen LogP contribution in [0.1, 0.15) is 12.0 Å². The molecule has 126 valence electrons. The number of halogens is 3. The van der Waals surface area contributed by atoms with E-state index in [1.54, 1.807) is 0 Å². The fourth-order valence-electron chi connectivity index (χ4n) is 1.94. The predicted molar refractivity (Wildman–Crippen MR) is 79.0 cm³/mol. The Morgan fingerprint density at radius 2 is 2.08 bits per heavy atom. The van der Waals surface area contributed by atoms with Gasteiger partial charge in [0.1, 0.15) is 17.1 Å². The molecule has 0 amide bonds. The van der Waals surface area contributed by atoms with E-state index in [-0.39, 0.29) is 5.75 Å². The second-order valence-electron chi connectivity index (χ2n) is 4.40. The highest BCUT2D eigenvalue weighted by Crippen LogP contribution is 2.37. The Kier molecular flexibility index (Phi) is 4.97. The van der Waals surface area contributed by atoms with Gasteiger partial charge in [0.2, 0.25) is 5.82 Å². The SMILES string of the molecule is C=Nn1ccc(Oc2ccc([N+](=O)[O-])c(F)c2C(F)F)cc1=NC. The molecule has 0 bridgehead atoms. The van der Waals surface area contributed by atoms with Gasteiger partial charge in [-0.3, -0.25) is 15.1 Å². The first-order valence-corrected chi connectivity index (χ1v) is 6.44. The molecule has 0 aliphatic rings. The van der Waals surface area contributed by atoms with Crippen molar-refractivity contribution in [3.05, 3.63) is 57.4 Å². The van der Waals surface area contributed by atoms with Gasteiger partial charge in [-0.25, -0.2) is 13.5 Å². The lowest BCUT2D eigenvalue weighted by Crippen LogP contribution is -2.15. The van der Waals surface area contributed by atoms with Gasteiger partial charge in [0.15, 0.2) is 5.49 Å². The van der Waals surface area contributed by atoms with E-state index in [0.29, 0.717) is 5.49 Å². The largest absolute Gasteiger partial charge is 0.457 e. The van der Waals surface area contributed by atoms with E-state index < -0.39 is 34.2 Å². The lowest BCUT2D eigenvalue weighted by Gasteiger charge is -2.12. The third-order valence-corrected chi connectivity index (χ3v) is 3.03. The highest BCUT2D eigenvalue weighted by Gasteiger charge is 2.28. The summed E-state index contributed by atoms with van der Waals surface area (Å²) in [6.07, 6.45) is -1.88. The molecule has 0 aliphatic carbocycles. The molecule has 0 fully saturated rings. The minimum atomic E-state index is -3.29. The van der Waals surface area contributed by atoms with Crippen LogP contribution in [0.15, 0.2) is 40.6 Å². The first kappa shape index (κ1) is 17.2. The molecule has 10 heteroatoms. The van der Waals surface area contributed by atoms with E-state index in [0.717, 1.165) is 12.1 Å². The maximum absolute atomic E-state index is 14.0. The molecule has 0 saturated heterocycles. The van der Waals surface area contributed by atoms with E-state index in [2.05, 4.69) is 16.8 Å². The third kappa shape index (κ3) is 3.26. The number of pyridine rings is 1. The van der Waals surface area contributed by atoms with Gasteiger partial charge >= 0.3 is 5.69 Å². The lowest BCUT2D eigenvalue weighted by atomic mass is 10.1. The molecule has 7 nitrogen and oxygen atoms in total. The van der Waals surface area contributed by atoms with Crippen LogP contribution < -0.4 is 10.2 Å². The average molecular weight is 340 g/mol. The Hall–Kier alpha value is -3.17. The van der Waals surface area contributed by atoms with Crippen LogP contribution in [-0.4, -0.2) is 23.4 Å². The molecule has 2 rings (SSSR count). The van der Waals surface area contributed by atoms with Gasteiger partial charge in [0.25, 0.3) is 6.43 Å². The van der Waals surface area contributed by atoms with Crippen molar-refractivity contribution in [1.82, 2.24) is 4.68 Å². The number of alkyl halides is 2. The van der Waals surface area contributed by atoms with Crippen molar-refractivity contribution in [2.24, 2.45) is 10.1 Å². The number of hydrogen-bond donors (Lipinski definition) is 0. The van der Waals surface area contributed by atoms with Crippen LogP contribution in [0, 0.1) is 15.9 Å². The van der Waals surface area contributed by atoms with Crippen molar-refractivity contribution in [1.29, 1.82) is 0 Å². The highest BCUT2D eigenvalue weighted by molar-refractivity contribution is 5.47. The van der Waals surface area contributed by atoms with E-state index >= 15 is 0 Å². The summed E-state index contributed by atoms with van der Waals surface area (Å²) in [6.45, 7) is 3.33. The van der Waals surface area contributed by atoms with Crippen molar-refractivity contribution < 1.29 is 22.8 Å². The van der Waals surface area contributed by atoms with Crippen LogP contribution in [0.4, 0.5) is 18.9 Å². The molecule has 0 saturated carbocycles. The van der Waals surface area contributed by atoms with Crippen molar-refractivity contribution in [3.8, 4) is 11.5 Å². The number of nitrogens with zero attached hydrogens (tertiary/aromatic N) is 4. The van der Waals surface area contributed by atoms with E-state index in [4.69, 9.17) is 4.74 Å². The van der Waals surface area contributed by atoms with Gasteiger partial charge in [-0.15, -0.1) is 0 Å². The summed E-state index contributed by atoms with van der Waals surface area (Å²) < 4.78 is 46.7. The molecular weight excluding hydrogens is 329 g/mol. The maximum Gasteiger partial charge on any atom is 0.305 e. The second kappa shape index (κ2) is 6.94. The van der Waals surface area contributed by atoms with Crippen LogP contribution >= 0.6 is 0 Å². The second-order valence-corrected chi connectivity index (χ2v) is 4.40. The summed E-state index contributed by atoms with van der Waals surface area (Å²) in [5.41, 5.74) is -1.93.